The molecule has 0 saturated heterocycles. The molecule has 2 heterocycles. The zero-order chi connectivity index (χ0) is 27.4. The Morgan fingerprint density at radius 3 is 2.39 bits per heavy atom. The van der Waals surface area contributed by atoms with Crippen molar-refractivity contribution in [3.8, 4) is 0 Å². The van der Waals surface area contributed by atoms with E-state index < -0.39 is 28.3 Å². The van der Waals surface area contributed by atoms with E-state index in [4.69, 9.17) is 14.6 Å². The Kier molecular flexibility index (Phi) is 8.69. The van der Waals surface area contributed by atoms with Crippen LogP contribution < -0.4 is 10.6 Å². The van der Waals surface area contributed by atoms with E-state index in [1.807, 2.05) is 13.8 Å². The summed E-state index contributed by atoms with van der Waals surface area (Å²) >= 11 is 0. The lowest BCUT2D eigenvalue weighted by Gasteiger charge is -2.37. The Labute approximate surface area is 223 Å². The SMILES string of the molecule is CC(C)CN(C[C@@H](O)[C@H](CC1CCCCC1)N(C(=O)O)c1coc2occc12)S(=O)(=O)c1ccc(N)cc1. The second-order valence-electron chi connectivity index (χ2n) is 10.6. The number of benzene rings is 1. The lowest BCUT2D eigenvalue weighted by atomic mass is 9.83. The van der Waals surface area contributed by atoms with Gasteiger partial charge in [-0.25, -0.2) is 13.2 Å². The molecule has 1 aliphatic rings. The predicted octanol–water partition coefficient (Wildman–Crippen LogP) is 5.14. The summed E-state index contributed by atoms with van der Waals surface area (Å²) in [4.78, 5) is 13.8. The van der Waals surface area contributed by atoms with E-state index in [9.17, 15) is 23.4 Å². The standard InChI is InChI=1S/C27H37N3O7S/c1-18(2)15-29(38(34,35)21-10-8-20(28)9-11-21)16-25(31)23(14-19-6-4-3-5-7-19)30(27(32)33)24-17-37-26-22(24)12-13-36-26/h8-13,17-19,23,25,31H,3-7,14-16,28H2,1-2H3,(H,32,33)/t23-,25+/m0/s1. The van der Waals surface area contributed by atoms with Crippen LogP contribution in [0.5, 0.6) is 0 Å². The molecule has 2 aromatic heterocycles. The van der Waals surface area contributed by atoms with Crippen molar-refractivity contribution >= 4 is 38.7 Å². The first-order chi connectivity index (χ1) is 18.1. The normalized spacial score (nSPS) is 16.8. The first kappa shape index (κ1) is 28.0. The van der Waals surface area contributed by atoms with E-state index in [2.05, 4.69) is 0 Å². The number of hydrogen-bond acceptors (Lipinski definition) is 7. The third-order valence-electron chi connectivity index (χ3n) is 7.20. The summed E-state index contributed by atoms with van der Waals surface area (Å²) < 4.78 is 39.2. The van der Waals surface area contributed by atoms with Crippen molar-refractivity contribution in [3.63, 3.8) is 0 Å². The first-order valence-corrected chi connectivity index (χ1v) is 14.5. The summed E-state index contributed by atoms with van der Waals surface area (Å²) in [7, 11) is -3.98. The molecule has 1 aliphatic carbocycles. The first-order valence-electron chi connectivity index (χ1n) is 13.1. The van der Waals surface area contributed by atoms with E-state index in [-0.39, 0.29) is 41.3 Å². The molecule has 1 fully saturated rings. The molecule has 0 bridgehead atoms. The Hall–Kier alpha value is -3.02. The number of rotatable bonds is 11. The molecule has 208 valence electrons. The Morgan fingerprint density at radius 1 is 1.08 bits per heavy atom. The van der Waals surface area contributed by atoms with Crippen LogP contribution in [0.4, 0.5) is 16.2 Å². The highest BCUT2D eigenvalue weighted by Gasteiger charge is 2.38. The molecule has 1 amide bonds. The lowest BCUT2D eigenvalue weighted by Crippen LogP contribution is -2.52. The van der Waals surface area contributed by atoms with Crippen LogP contribution in [0.2, 0.25) is 0 Å². The lowest BCUT2D eigenvalue weighted by molar-refractivity contribution is 0.0962. The fourth-order valence-electron chi connectivity index (χ4n) is 5.36. The Morgan fingerprint density at radius 2 is 1.76 bits per heavy atom. The number of hydrogen-bond donors (Lipinski definition) is 3. The zero-order valence-electron chi connectivity index (χ0n) is 21.8. The van der Waals surface area contributed by atoms with Gasteiger partial charge < -0.3 is 24.8 Å². The highest BCUT2D eigenvalue weighted by Crippen LogP contribution is 2.36. The van der Waals surface area contributed by atoms with Crippen molar-refractivity contribution in [1.82, 2.24) is 4.31 Å². The summed E-state index contributed by atoms with van der Waals surface area (Å²) in [6, 6.07) is 6.63. The van der Waals surface area contributed by atoms with Crippen molar-refractivity contribution in [2.75, 3.05) is 23.7 Å². The molecule has 4 N–H and O–H groups in total. The number of nitrogens with two attached hydrogens (primary N) is 1. The predicted molar refractivity (Wildman–Crippen MR) is 144 cm³/mol. The third kappa shape index (κ3) is 6.16. The van der Waals surface area contributed by atoms with Crippen LogP contribution in [0.15, 0.2) is 56.6 Å². The fraction of sp³-hybridized carbons (Fsp3) is 0.519. The number of fused-ring (bicyclic) bond motifs is 1. The molecule has 11 heteroatoms. The Balaban J connectivity index is 1.69. The summed E-state index contributed by atoms with van der Waals surface area (Å²) in [5, 5.41) is 22.4. The van der Waals surface area contributed by atoms with Crippen LogP contribution in [-0.2, 0) is 10.0 Å². The zero-order valence-corrected chi connectivity index (χ0v) is 22.6. The number of carbonyl (C=O) groups is 1. The van der Waals surface area contributed by atoms with Gasteiger partial charge in [0.25, 0.3) is 5.78 Å². The second kappa shape index (κ2) is 11.8. The van der Waals surface area contributed by atoms with Gasteiger partial charge in [0.1, 0.15) is 6.26 Å². The van der Waals surface area contributed by atoms with Gasteiger partial charge in [-0.2, -0.15) is 4.31 Å². The van der Waals surface area contributed by atoms with Gasteiger partial charge in [-0.15, -0.1) is 0 Å². The number of amides is 1. The van der Waals surface area contributed by atoms with Crippen molar-refractivity contribution in [2.45, 2.75) is 69.4 Å². The van der Waals surface area contributed by atoms with Gasteiger partial charge in [-0.3, -0.25) is 4.90 Å². The number of aliphatic hydroxyl groups excluding tert-OH is 1. The topological polar surface area (TPSA) is 150 Å². The third-order valence-corrected chi connectivity index (χ3v) is 9.05. The molecule has 0 unspecified atom stereocenters. The summed E-state index contributed by atoms with van der Waals surface area (Å²) in [5.41, 5.74) is 6.45. The van der Waals surface area contributed by atoms with E-state index >= 15 is 0 Å². The van der Waals surface area contributed by atoms with E-state index in [1.54, 1.807) is 6.07 Å². The molecule has 1 saturated carbocycles. The maximum absolute atomic E-state index is 13.6. The van der Waals surface area contributed by atoms with Crippen LogP contribution in [0.25, 0.3) is 11.2 Å². The molecular formula is C27H37N3O7S. The molecule has 0 aliphatic heterocycles. The highest BCUT2D eigenvalue weighted by atomic mass is 32.2. The van der Waals surface area contributed by atoms with E-state index in [0.717, 1.165) is 37.0 Å². The number of carboxylic acid groups (broad SMARTS) is 1. The maximum Gasteiger partial charge on any atom is 0.412 e. The molecule has 0 spiro atoms. The number of sulfonamides is 1. The van der Waals surface area contributed by atoms with Gasteiger partial charge in [0, 0.05) is 18.8 Å². The largest absolute Gasteiger partial charge is 0.465 e. The summed E-state index contributed by atoms with van der Waals surface area (Å²) in [5.74, 6) is 0.367. The highest BCUT2D eigenvalue weighted by molar-refractivity contribution is 7.89. The molecule has 1 aromatic carbocycles. The minimum Gasteiger partial charge on any atom is -0.465 e. The van der Waals surface area contributed by atoms with Gasteiger partial charge >= 0.3 is 6.09 Å². The average molecular weight is 548 g/mol. The quantitative estimate of drug-likeness (QED) is 0.279. The minimum atomic E-state index is -3.98. The Bertz CT molecular complexity index is 1310. The molecule has 38 heavy (non-hydrogen) atoms. The van der Waals surface area contributed by atoms with Gasteiger partial charge in [0.15, 0.2) is 0 Å². The van der Waals surface area contributed by atoms with Crippen molar-refractivity contribution < 1.29 is 32.3 Å². The number of aliphatic hydroxyl groups is 1. The number of nitrogen functional groups attached to an aromatic ring is 1. The van der Waals surface area contributed by atoms with Crippen LogP contribution in [0, 0.1) is 11.8 Å². The van der Waals surface area contributed by atoms with Crippen molar-refractivity contribution in [2.24, 2.45) is 11.8 Å². The number of furan rings is 2. The average Bonchev–Trinajstić information content (AvgIpc) is 3.49. The van der Waals surface area contributed by atoms with Gasteiger partial charge in [-0.05, 0) is 48.6 Å². The number of nitrogens with zero attached hydrogens (tertiary/aromatic N) is 2. The van der Waals surface area contributed by atoms with Crippen molar-refractivity contribution in [3.05, 3.63) is 42.9 Å². The molecule has 3 aromatic rings. The van der Waals surface area contributed by atoms with Crippen LogP contribution in [0.1, 0.15) is 52.4 Å². The van der Waals surface area contributed by atoms with Crippen molar-refractivity contribution in [1.29, 1.82) is 0 Å². The fourth-order valence-corrected chi connectivity index (χ4v) is 6.98. The van der Waals surface area contributed by atoms with Gasteiger partial charge in [0.2, 0.25) is 10.0 Å². The maximum atomic E-state index is 13.6. The molecular weight excluding hydrogens is 510 g/mol. The monoisotopic (exact) mass is 547 g/mol. The van der Waals surface area contributed by atoms with E-state index in [0.29, 0.717) is 17.5 Å². The molecule has 4 rings (SSSR count). The van der Waals surface area contributed by atoms with Crippen LogP contribution >= 0.6 is 0 Å². The summed E-state index contributed by atoms with van der Waals surface area (Å²) in [6.07, 6.45) is 5.64. The minimum absolute atomic E-state index is 0.0300. The van der Waals surface area contributed by atoms with Gasteiger partial charge in [0.05, 0.1) is 34.4 Å². The second-order valence-corrected chi connectivity index (χ2v) is 12.5. The smallest absolute Gasteiger partial charge is 0.412 e. The molecule has 2 atom stereocenters. The van der Waals surface area contributed by atoms with Gasteiger partial charge in [-0.1, -0.05) is 46.0 Å². The van der Waals surface area contributed by atoms with Crippen LogP contribution in [-0.4, -0.2) is 54.3 Å². The number of anilines is 2. The summed E-state index contributed by atoms with van der Waals surface area (Å²) in [6.45, 7) is 3.67. The molecule has 10 nitrogen and oxygen atoms in total. The van der Waals surface area contributed by atoms with E-state index in [1.165, 1.54) is 41.1 Å². The van der Waals surface area contributed by atoms with Crippen LogP contribution in [0.3, 0.4) is 0 Å². The molecule has 0 radical (unpaired) electrons.